The van der Waals surface area contributed by atoms with E-state index in [9.17, 15) is 0 Å². The lowest BCUT2D eigenvalue weighted by Crippen LogP contribution is -2.12. The number of methoxy groups -OCH3 is 2. The molecule has 18 heavy (non-hydrogen) atoms. The van der Waals surface area contributed by atoms with E-state index < -0.39 is 0 Å². The molecule has 0 saturated carbocycles. The van der Waals surface area contributed by atoms with E-state index in [2.05, 4.69) is 13.2 Å². The Morgan fingerprint density at radius 3 is 2.61 bits per heavy atom. The molecule has 0 spiro atoms. The summed E-state index contributed by atoms with van der Waals surface area (Å²) >= 11 is 0. The van der Waals surface area contributed by atoms with Crippen molar-refractivity contribution in [2.75, 3.05) is 21.0 Å². The molecular weight excluding hydrogens is 232 g/mol. The first-order valence-electron chi connectivity index (χ1n) is 5.97. The second-order valence-electron chi connectivity index (χ2n) is 4.28. The summed E-state index contributed by atoms with van der Waals surface area (Å²) in [6, 6.07) is 0. The third-order valence-electron chi connectivity index (χ3n) is 3.00. The largest absolute Gasteiger partial charge is 0.502 e. The zero-order valence-electron chi connectivity index (χ0n) is 11.5. The molecule has 1 rings (SSSR count). The molecule has 1 aliphatic rings. The molecule has 1 saturated heterocycles. The predicted octanol–water partition coefficient (Wildman–Crippen LogP) is 3.12. The van der Waals surface area contributed by atoms with Crippen LogP contribution in [0.15, 0.2) is 36.0 Å². The zero-order valence-corrected chi connectivity index (χ0v) is 11.5. The second kappa shape index (κ2) is 7.11. The lowest BCUT2D eigenvalue weighted by molar-refractivity contribution is 0.0812. The molecule has 1 heterocycles. The van der Waals surface area contributed by atoms with Gasteiger partial charge in [0, 0.05) is 13.5 Å². The van der Waals surface area contributed by atoms with E-state index in [1.54, 1.807) is 14.2 Å². The van der Waals surface area contributed by atoms with Gasteiger partial charge in [-0.1, -0.05) is 13.2 Å². The van der Waals surface area contributed by atoms with Gasteiger partial charge in [0.25, 0.3) is 0 Å². The molecule has 0 amide bonds. The summed E-state index contributed by atoms with van der Waals surface area (Å²) in [4.78, 5) is 0. The first kappa shape index (κ1) is 14.6. The van der Waals surface area contributed by atoms with Gasteiger partial charge in [0.15, 0.2) is 11.5 Å². The van der Waals surface area contributed by atoms with Gasteiger partial charge in [-0.3, -0.25) is 0 Å². The summed E-state index contributed by atoms with van der Waals surface area (Å²) in [6.07, 6.45) is 2.55. The first-order chi connectivity index (χ1) is 8.58. The van der Waals surface area contributed by atoms with E-state index in [-0.39, 0.29) is 12.9 Å². The highest BCUT2D eigenvalue weighted by molar-refractivity contribution is 5.24. The van der Waals surface area contributed by atoms with Crippen molar-refractivity contribution in [1.29, 1.82) is 0 Å². The molecule has 0 aromatic heterocycles. The molecule has 0 bridgehead atoms. The van der Waals surface area contributed by atoms with Gasteiger partial charge in [-0.25, -0.2) is 0 Å². The fourth-order valence-corrected chi connectivity index (χ4v) is 1.80. The van der Waals surface area contributed by atoms with E-state index >= 15 is 0 Å². The van der Waals surface area contributed by atoms with Crippen molar-refractivity contribution in [2.24, 2.45) is 0 Å². The van der Waals surface area contributed by atoms with E-state index in [0.29, 0.717) is 12.2 Å². The van der Waals surface area contributed by atoms with E-state index in [1.165, 1.54) is 0 Å². The molecule has 0 radical (unpaired) electrons. The Morgan fingerprint density at radius 2 is 2.11 bits per heavy atom. The van der Waals surface area contributed by atoms with Crippen molar-refractivity contribution in [3.8, 4) is 0 Å². The quantitative estimate of drug-likeness (QED) is 0.654. The minimum absolute atomic E-state index is 0.101. The Morgan fingerprint density at radius 1 is 1.39 bits per heavy atom. The van der Waals surface area contributed by atoms with E-state index in [4.69, 9.17) is 18.9 Å². The Balaban J connectivity index is 2.47. The normalized spacial score (nSPS) is 18.9. The van der Waals surface area contributed by atoms with Crippen LogP contribution in [-0.4, -0.2) is 27.1 Å². The van der Waals surface area contributed by atoms with Crippen LogP contribution in [-0.2, 0) is 18.9 Å². The highest BCUT2D eigenvalue weighted by Crippen LogP contribution is 2.26. The van der Waals surface area contributed by atoms with Gasteiger partial charge < -0.3 is 18.9 Å². The van der Waals surface area contributed by atoms with Crippen LogP contribution in [0.2, 0.25) is 0 Å². The smallest absolute Gasteiger partial charge is 0.231 e. The van der Waals surface area contributed by atoms with Crippen LogP contribution in [0.5, 0.6) is 0 Å². The highest BCUT2D eigenvalue weighted by atomic mass is 16.7. The average molecular weight is 254 g/mol. The third kappa shape index (κ3) is 4.11. The second-order valence-corrected chi connectivity index (χ2v) is 4.28. The van der Waals surface area contributed by atoms with Gasteiger partial charge in [0.2, 0.25) is 6.79 Å². The van der Waals surface area contributed by atoms with Crippen molar-refractivity contribution in [2.45, 2.75) is 32.3 Å². The van der Waals surface area contributed by atoms with Crippen molar-refractivity contribution in [3.63, 3.8) is 0 Å². The molecule has 1 atom stereocenters. The zero-order chi connectivity index (χ0) is 13.5. The van der Waals surface area contributed by atoms with Gasteiger partial charge in [-0.15, -0.1) is 0 Å². The number of rotatable bonds is 7. The summed E-state index contributed by atoms with van der Waals surface area (Å²) in [7, 11) is 3.32. The fraction of sp³-hybridized carbons (Fsp3) is 0.571. The van der Waals surface area contributed by atoms with Crippen LogP contribution in [0.1, 0.15) is 26.2 Å². The fourth-order valence-electron chi connectivity index (χ4n) is 1.80. The minimum atomic E-state index is 0.101. The lowest BCUT2D eigenvalue weighted by Gasteiger charge is -2.16. The summed E-state index contributed by atoms with van der Waals surface area (Å²) in [6.45, 7) is 9.88. The van der Waals surface area contributed by atoms with Crippen LogP contribution >= 0.6 is 0 Å². The molecule has 102 valence electrons. The molecule has 4 heteroatoms. The van der Waals surface area contributed by atoms with E-state index in [0.717, 1.165) is 29.9 Å². The standard InChI is InChI=1S/C14H22O4/c1-10(14-12(3)17-9-18-14)6-7-13(16-5)8-11(2)15-4/h13H,2-3,6-9H2,1,4-5H3/b14-10-. The minimum Gasteiger partial charge on any atom is -0.502 e. The van der Waals surface area contributed by atoms with Gasteiger partial charge in [0.05, 0.1) is 19.0 Å². The number of allylic oxidation sites excluding steroid dienone is 1. The van der Waals surface area contributed by atoms with Crippen LogP contribution < -0.4 is 0 Å². The summed E-state index contributed by atoms with van der Waals surface area (Å²) in [5, 5.41) is 0. The maximum Gasteiger partial charge on any atom is 0.231 e. The molecular formula is C14H22O4. The Bertz CT molecular complexity index is 344. The van der Waals surface area contributed by atoms with Gasteiger partial charge >= 0.3 is 0 Å². The van der Waals surface area contributed by atoms with Crippen molar-refractivity contribution < 1.29 is 18.9 Å². The monoisotopic (exact) mass is 254 g/mol. The lowest BCUT2D eigenvalue weighted by atomic mass is 10.0. The van der Waals surface area contributed by atoms with Gasteiger partial charge in [0.1, 0.15) is 0 Å². The molecule has 0 N–H and O–H groups in total. The van der Waals surface area contributed by atoms with Crippen molar-refractivity contribution >= 4 is 0 Å². The van der Waals surface area contributed by atoms with Crippen LogP contribution in [0.3, 0.4) is 0 Å². The maximum absolute atomic E-state index is 5.40. The van der Waals surface area contributed by atoms with Crippen LogP contribution in [0, 0.1) is 0 Å². The number of hydrogen-bond donors (Lipinski definition) is 0. The molecule has 0 aliphatic carbocycles. The average Bonchev–Trinajstić information content (AvgIpc) is 2.80. The maximum atomic E-state index is 5.40. The van der Waals surface area contributed by atoms with Crippen molar-refractivity contribution in [1.82, 2.24) is 0 Å². The third-order valence-corrected chi connectivity index (χ3v) is 3.00. The molecule has 4 nitrogen and oxygen atoms in total. The van der Waals surface area contributed by atoms with Crippen LogP contribution in [0.25, 0.3) is 0 Å². The molecule has 1 unspecified atom stereocenters. The number of hydrogen-bond acceptors (Lipinski definition) is 4. The molecule has 1 fully saturated rings. The Kier molecular flexibility index (Phi) is 5.78. The van der Waals surface area contributed by atoms with Crippen molar-refractivity contribution in [3.05, 3.63) is 36.0 Å². The topological polar surface area (TPSA) is 36.9 Å². The van der Waals surface area contributed by atoms with Gasteiger partial charge in [-0.05, 0) is 25.3 Å². The molecule has 0 aromatic rings. The predicted molar refractivity (Wildman–Crippen MR) is 69.7 cm³/mol. The summed E-state index contributed by atoms with van der Waals surface area (Å²) < 4.78 is 21.0. The SMILES string of the molecule is C=C(CC(CC/C(C)=C1\OCOC1=C)OC)OC. The highest BCUT2D eigenvalue weighted by Gasteiger charge is 2.18. The van der Waals surface area contributed by atoms with Crippen LogP contribution in [0.4, 0.5) is 0 Å². The number of ether oxygens (including phenoxy) is 4. The first-order valence-corrected chi connectivity index (χ1v) is 5.97. The Labute approximate surface area is 109 Å². The van der Waals surface area contributed by atoms with Gasteiger partial charge in [-0.2, -0.15) is 0 Å². The molecule has 1 aliphatic heterocycles. The summed E-state index contributed by atoms with van der Waals surface area (Å²) in [5.74, 6) is 2.12. The molecule has 0 aromatic carbocycles. The van der Waals surface area contributed by atoms with E-state index in [1.807, 2.05) is 6.92 Å². The summed E-state index contributed by atoms with van der Waals surface area (Å²) in [5.41, 5.74) is 1.13. The Hall–Kier alpha value is -1.42.